The number of nitrogens with zero attached hydrogens (tertiary/aromatic N) is 2. The number of carbonyl (C=O) groups excluding carboxylic acids is 2. The van der Waals surface area contributed by atoms with Crippen molar-refractivity contribution in [3.63, 3.8) is 0 Å². The Kier molecular flexibility index (Phi) is 6.45. The van der Waals surface area contributed by atoms with Gasteiger partial charge in [0.25, 0.3) is 5.56 Å². The number of amides is 1. The number of carbonyl (C=O) groups is 2. The molecule has 1 aliphatic heterocycles. The molecule has 9 heteroatoms. The molecule has 0 radical (unpaired) electrons. The van der Waals surface area contributed by atoms with Crippen LogP contribution >= 0.6 is 0 Å². The van der Waals surface area contributed by atoms with Crippen LogP contribution in [0.15, 0.2) is 53.5 Å². The van der Waals surface area contributed by atoms with Gasteiger partial charge in [0, 0.05) is 36.0 Å². The van der Waals surface area contributed by atoms with Gasteiger partial charge in [0.2, 0.25) is 6.10 Å². The normalized spacial score (nSPS) is 15.2. The van der Waals surface area contributed by atoms with Crippen LogP contribution in [-0.4, -0.2) is 58.4 Å². The number of nitrogens with one attached hydrogen (secondary N) is 2. The number of esters is 1. The third-order valence-electron chi connectivity index (χ3n) is 6.91. The van der Waals surface area contributed by atoms with Crippen LogP contribution < -0.4 is 5.56 Å². The molecule has 36 heavy (non-hydrogen) atoms. The SMILES string of the molecule is COC(=O)[C@@H](Cc1cc(C)c2[nH]ncc2c1)OC(=O)N1CCC(c2cc3ccccc3[nH]c2=O)CC1. The van der Waals surface area contributed by atoms with Gasteiger partial charge in [0.1, 0.15) is 0 Å². The molecule has 0 spiro atoms. The number of pyridine rings is 1. The number of H-pyrrole nitrogens is 2. The van der Waals surface area contributed by atoms with Crippen molar-refractivity contribution >= 4 is 33.9 Å². The minimum atomic E-state index is -1.06. The summed E-state index contributed by atoms with van der Waals surface area (Å²) in [5, 5.41) is 8.92. The molecule has 0 unspecified atom stereocenters. The summed E-state index contributed by atoms with van der Waals surface area (Å²) >= 11 is 0. The van der Waals surface area contributed by atoms with E-state index in [9.17, 15) is 14.4 Å². The van der Waals surface area contributed by atoms with Crippen molar-refractivity contribution in [2.75, 3.05) is 20.2 Å². The summed E-state index contributed by atoms with van der Waals surface area (Å²) in [6.07, 6.45) is 1.56. The number of hydrogen-bond donors (Lipinski definition) is 2. The molecule has 1 amide bonds. The second-order valence-electron chi connectivity index (χ2n) is 9.25. The molecule has 2 N–H and O–H groups in total. The lowest BCUT2D eigenvalue weighted by molar-refractivity contribution is -0.151. The number of benzene rings is 2. The Morgan fingerprint density at radius 1 is 1.14 bits per heavy atom. The first kappa shape index (κ1) is 23.6. The molecule has 1 fully saturated rings. The van der Waals surface area contributed by atoms with E-state index in [0.29, 0.717) is 25.9 Å². The fraction of sp³-hybridized carbons (Fsp3) is 0.333. The molecule has 1 atom stereocenters. The van der Waals surface area contributed by atoms with Crippen molar-refractivity contribution in [2.24, 2.45) is 0 Å². The third kappa shape index (κ3) is 4.68. The number of hydrogen-bond acceptors (Lipinski definition) is 6. The topological polar surface area (TPSA) is 117 Å². The van der Waals surface area contributed by atoms with Crippen LogP contribution in [0, 0.1) is 6.92 Å². The monoisotopic (exact) mass is 488 g/mol. The van der Waals surface area contributed by atoms with Crippen molar-refractivity contribution in [3.05, 3.63) is 75.7 Å². The van der Waals surface area contributed by atoms with Gasteiger partial charge in [-0.05, 0) is 60.4 Å². The van der Waals surface area contributed by atoms with Gasteiger partial charge in [-0.3, -0.25) is 9.89 Å². The van der Waals surface area contributed by atoms with E-state index in [1.54, 1.807) is 11.1 Å². The maximum atomic E-state index is 13.0. The van der Waals surface area contributed by atoms with E-state index in [0.717, 1.165) is 38.5 Å². The molecule has 1 aliphatic rings. The van der Waals surface area contributed by atoms with E-state index in [1.165, 1.54) is 7.11 Å². The lowest BCUT2D eigenvalue weighted by Gasteiger charge is -2.32. The van der Waals surface area contributed by atoms with Gasteiger partial charge < -0.3 is 19.4 Å². The molecule has 2 aromatic heterocycles. The van der Waals surface area contributed by atoms with Gasteiger partial charge in [-0.1, -0.05) is 24.3 Å². The van der Waals surface area contributed by atoms with Crippen LogP contribution in [-0.2, 0) is 20.7 Å². The Morgan fingerprint density at radius 3 is 2.69 bits per heavy atom. The molecule has 0 saturated carbocycles. The molecular formula is C27H28N4O5. The minimum absolute atomic E-state index is 0.0449. The number of ether oxygens (including phenoxy) is 2. The zero-order valence-corrected chi connectivity index (χ0v) is 20.2. The average Bonchev–Trinajstić information content (AvgIpc) is 3.37. The van der Waals surface area contributed by atoms with Crippen molar-refractivity contribution < 1.29 is 19.1 Å². The Morgan fingerprint density at radius 2 is 1.92 bits per heavy atom. The second-order valence-corrected chi connectivity index (χ2v) is 9.25. The first-order valence-corrected chi connectivity index (χ1v) is 12.0. The summed E-state index contributed by atoms with van der Waals surface area (Å²) in [6.45, 7) is 2.82. The summed E-state index contributed by atoms with van der Waals surface area (Å²) in [6, 6.07) is 13.5. The number of methoxy groups -OCH3 is 1. The third-order valence-corrected chi connectivity index (χ3v) is 6.91. The van der Waals surface area contributed by atoms with E-state index in [2.05, 4.69) is 15.2 Å². The van der Waals surface area contributed by atoms with E-state index in [4.69, 9.17) is 9.47 Å². The lowest BCUT2D eigenvalue weighted by Crippen LogP contribution is -2.42. The Hall–Kier alpha value is -4.14. The summed E-state index contributed by atoms with van der Waals surface area (Å²) in [5.74, 6) is -0.561. The first-order valence-electron chi connectivity index (χ1n) is 12.0. The molecule has 5 rings (SSSR count). The van der Waals surface area contributed by atoms with E-state index in [1.807, 2.05) is 49.4 Å². The number of aromatic nitrogens is 3. The van der Waals surface area contributed by atoms with Crippen LogP contribution in [0.1, 0.15) is 35.4 Å². The fourth-order valence-corrected chi connectivity index (χ4v) is 4.99. The molecule has 0 aliphatic carbocycles. The second kappa shape index (κ2) is 9.85. The molecule has 4 aromatic rings. The highest BCUT2D eigenvalue weighted by Crippen LogP contribution is 2.28. The van der Waals surface area contributed by atoms with Gasteiger partial charge in [0.05, 0.1) is 18.8 Å². The number of para-hydroxylation sites is 1. The van der Waals surface area contributed by atoms with Crippen LogP contribution in [0.4, 0.5) is 4.79 Å². The predicted octanol–water partition coefficient (Wildman–Crippen LogP) is 3.81. The minimum Gasteiger partial charge on any atom is -0.466 e. The number of likely N-dealkylation sites (tertiary alicyclic amines) is 1. The highest BCUT2D eigenvalue weighted by atomic mass is 16.6. The summed E-state index contributed by atoms with van der Waals surface area (Å²) in [5.41, 5.74) is 4.21. The van der Waals surface area contributed by atoms with Crippen LogP contribution in [0.3, 0.4) is 0 Å². The number of aryl methyl sites for hydroxylation is 1. The number of piperidine rings is 1. The average molecular weight is 489 g/mol. The molecule has 2 aromatic carbocycles. The van der Waals surface area contributed by atoms with Crippen molar-refractivity contribution in [2.45, 2.75) is 38.2 Å². The maximum Gasteiger partial charge on any atom is 0.410 e. The van der Waals surface area contributed by atoms with Gasteiger partial charge >= 0.3 is 12.1 Å². The van der Waals surface area contributed by atoms with E-state index >= 15 is 0 Å². The molecule has 0 bridgehead atoms. The van der Waals surface area contributed by atoms with Crippen LogP contribution in [0.2, 0.25) is 0 Å². The first-order chi connectivity index (χ1) is 17.4. The van der Waals surface area contributed by atoms with E-state index < -0.39 is 18.2 Å². The van der Waals surface area contributed by atoms with Gasteiger partial charge in [-0.2, -0.15) is 5.10 Å². The zero-order chi connectivity index (χ0) is 25.2. The largest absolute Gasteiger partial charge is 0.466 e. The fourth-order valence-electron chi connectivity index (χ4n) is 4.99. The smallest absolute Gasteiger partial charge is 0.410 e. The molecular weight excluding hydrogens is 460 g/mol. The maximum absolute atomic E-state index is 13.0. The Balaban J connectivity index is 1.25. The number of aromatic amines is 2. The molecule has 186 valence electrons. The molecule has 9 nitrogen and oxygen atoms in total. The van der Waals surface area contributed by atoms with Crippen molar-refractivity contribution in [1.29, 1.82) is 0 Å². The molecule has 3 heterocycles. The van der Waals surface area contributed by atoms with Gasteiger partial charge in [0.15, 0.2) is 0 Å². The van der Waals surface area contributed by atoms with Crippen molar-refractivity contribution in [3.8, 4) is 0 Å². The summed E-state index contributed by atoms with van der Waals surface area (Å²) < 4.78 is 10.5. The zero-order valence-electron chi connectivity index (χ0n) is 20.2. The number of rotatable bonds is 5. The summed E-state index contributed by atoms with van der Waals surface area (Å²) in [7, 11) is 1.28. The van der Waals surface area contributed by atoms with Crippen molar-refractivity contribution in [1.82, 2.24) is 20.1 Å². The van der Waals surface area contributed by atoms with Crippen LogP contribution in [0.5, 0.6) is 0 Å². The van der Waals surface area contributed by atoms with Gasteiger partial charge in [-0.25, -0.2) is 9.59 Å². The highest BCUT2D eigenvalue weighted by Gasteiger charge is 2.31. The summed E-state index contributed by atoms with van der Waals surface area (Å²) in [4.78, 5) is 42.6. The van der Waals surface area contributed by atoms with E-state index in [-0.39, 0.29) is 17.9 Å². The molecule has 1 saturated heterocycles. The van der Waals surface area contributed by atoms with Crippen LogP contribution in [0.25, 0.3) is 21.8 Å². The number of fused-ring (bicyclic) bond motifs is 2. The predicted molar refractivity (Wildman–Crippen MR) is 135 cm³/mol. The Labute approximate surface area is 207 Å². The Bertz CT molecular complexity index is 1480. The highest BCUT2D eigenvalue weighted by molar-refractivity contribution is 5.83. The van der Waals surface area contributed by atoms with Gasteiger partial charge in [-0.15, -0.1) is 0 Å². The standard InChI is InChI=1S/C27H28N4O5/c1-16-11-17(12-20-15-28-30-24(16)20)13-23(26(33)35-2)36-27(34)31-9-7-18(8-10-31)21-14-19-5-3-4-6-22(19)29-25(21)32/h3-6,11-12,14-15,18,23H,7-10,13H2,1-2H3,(H,28,30)(H,29,32)/t23-/m1/s1. The lowest BCUT2D eigenvalue weighted by atomic mass is 9.89. The quantitative estimate of drug-likeness (QED) is 0.413.